The predicted molar refractivity (Wildman–Crippen MR) is 162 cm³/mol. The van der Waals surface area contributed by atoms with Crippen LogP contribution in [-0.2, 0) is 38.1 Å². The first-order valence-corrected chi connectivity index (χ1v) is 14.7. The summed E-state index contributed by atoms with van der Waals surface area (Å²) in [5, 5.41) is 6.13. The van der Waals surface area contributed by atoms with E-state index < -0.39 is 22.4 Å². The largest absolute Gasteiger partial charge is 0.459 e. The summed E-state index contributed by atoms with van der Waals surface area (Å²) in [5.41, 5.74) is -2.39. The van der Waals surface area contributed by atoms with E-state index in [1.54, 1.807) is 0 Å². The Hall–Kier alpha value is -2.28. The molecule has 0 radical (unpaired) electrons. The predicted octanol–water partition coefficient (Wildman–Crippen LogP) is 2.14. The molecule has 0 saturated heterocycles. The maximum absolute atomic E-state index is 12.6. The highest BCUT2D eigenvalue weighted by molar-refractivity contribution is 5.73. The molecule has 12 nitrogen and oxygen atoms in total. The maximum Gasteiger partial charge on any atom is 0.320 e. The van der Waals surface area contributed by atoms with Crippen LogP contribution in [0.5, 0.6) is 0 Å². The molecule has 0 atom stereocenters. The zero-order valence-corrected chi connectivity index (χ0v) is 28.2. The number of esters is 4. The molecule has 0 heterocycles. The second-order valence-corrected chi connectivity index (χ2v) is 14.3. The van der Waals surface area contributed by atoms with Crippen molar-refractivity contribution >= 4 is 23.9 Å². The molecule has 0 aromatic rings. The Balaban J connectivity index is 5.27. The van der Waals surface area contributed by atoms with Gasteiger partial charge in [0.1, 0.15) is 22.4 Å². The Kier molecular flexibility index (Phi) is 16.8. The van der Waals surface area contributed by atoms with E-state index in [4.69, 9.17) is 18.9 Å². The van der Waals surface area contributed by atoms with E-state index in [0.29, 0.717) is 39.3 Å². The van der Waals surface area contributed by atoms with Crippen LogP contribution in [0, 0.1) is 0 Å². The van der Waals surface area contributed by atoms with Crippen molar-refractivity contribution in [2.45, 2.75) is 105 Å². The van der Waals surface area contributed by atoms with Gasteiger partial charge in [0.25, 0.3) is 0 Å². The van der Waals surface area contributed by atoms with Crippen molar-refractivity contribution in [2.24, 2.45) is 0 Å². The highest BCUT2D eigenvalue weighted by Gasteiger charge is 2.23. The number of hydrogen-bond donors (Lipinski definition) is 2. The first-order chi connectivity index (χ1) is 18.9. The molecule has 0 amide bonds. The topological polar surface area (TPSA) is 136 Å². The molecule has 0 spiro atoms. The highest BCUT2D eigenvalue weighted by Crippen LogP contribution is 2.10. The van der Waals surface area contributed by atoms with Gasteiger partial charge in [-0.3, -0.25) is 29.0 Å². The lowest BCUT2D eigenvalue weighted by Gasteiger charge is -2.29. The van der Waals surface area contributed by atoms with Crippen molar-refractivity contribution in [2.75, 3.05) is 65.4 Å². The Morgan fingerprint density at radius 1 is 0.452 bits per heavy atom. The van der Waals surface area contributed by atoms with Crippen LogP contribution in [0.25, 0.3) is 0 Å². The molecule has 0 rings (SSSR count). The van der Waals surface area contributed by atoms with E-state index in [1.807, 2.05) is 92.9 Å². The minimum Gasteiger partial charge on any atom is -0.459 e. The number of hydrogen-bond acceptors (Lipinski definition) is 12. The van der Waals surface area contributed by atoms with E-state index >= 15 is 0 Å². The average Bonchev–Trinajstić information content (AvgIpc) is 2.72. The standard InChI is InChI=1S/C30H58N4O8/c1-27(2,3)39-23(35)19-31-13-15-33(21-25(37)41-29(7,8)9)17-18-34(22-26(38)42-30(10,11)12)16-14-32-20-24(36)40-28(4,5)6/h31-32H,13-22H2,1-12H3. The summed E-state index contributed by atoms with van der Waals surface area (Å²) in [6, 6.07) is 0. The summed E-state index contributed by atoms with van der Waals surface area (Å²) in [4.78, 5) is 53.1. The minimum absolute atomic E-state index is 0.0442. The second-order valence-electron chi connectivity index (χ2n) is 14.3. The lowest BCUT2D eigenvalue weighted by atomic mass is 10.2. The van der Waals surface area contributed by atoms with Crippen molar-refractivity contribution in [3.63, 3.8) is 0 Å². The lowest BCUT2D eigenvalue weighted by molar-refractivity contribution is -0.158. The van der Waals surface area contributed by atoms with E-state index in [1.165, 1.54) is 0 Å². The van der Waals surface area contributed by atoms with Crippen molar-refractivity contribution < 1.29 is 38.1 Å². The number of ether oxygens (including phenoxy) is 4. The molecule has 0 aliphatic carbocycles. The van der Waals surface area contributed by atoms with Crippen LogP contribution in [0.3, 0.4) is 0 Å². The second kappa shape index (κ2) is 17.7. The van der Waals surface area contributed by atoms with Gasteiger partial charge in [0.05, 0.1) is 26.2 Å². The average molecular weight is 603 g/mol. The molecule has 0 saturated carbocycles. The van der Waals surface area contributed by atoms with Crippen molar-refractivity contribution in [3.8, 4) is 0 Å². The summed E-state index contributed by atoms with van der Waals surface area (Å²) in [5.74, 6) is -1.45. The number of carbonyl (C=O) groups excluding carboxylic acids is 4. The molecule has 0 bridgehead atoms. The fraction of sp³-hybridized carbons (Fsp3) is 0.867. The normalized spacial score (nSPS) is 12.8. The zero-order valence-electron chi connectivity index (χ0n) is 28.2. The van der Waals surface area contributed by atoms with Crippen LogP contribution in [-0.4, -0.2) is 122 Å². The van der Waals surface area contributed by atoms with Gasteiger partial charge in [-0.05, 0) is 83.1 Å². The third-order valence-electron chi connectivity index (χ3n) is 4.87. The van der Waals surface area contributed by atoms with Crippen molar-refractivity contribution in [1.29, 1.82) is 0 Å². The molecule has 2 N–H and O–H groups in total. The monoisotopic (exact) mass is 602 g/mol. The number of rotatable bonds is 17. The van der Waals surface area contributed by atoms with E-state index in [2.05, 4.69) is 10.6 Å². The van der Waals surface area contributed by atoms with Crippen molar-refractivity contribution in [3.05, 3.63) is 0 Å². The first kappa shape index (κ1) is 39.7. The Bertz CT molecular complexity index is 781. The van der Waals surface area contributed by atoms with Gasteiger partial charge in [-0.25, -0.2) is 0 Å². The van der Waals surface area contributed by atoms with Crippen LogP contribution in [0.15, 0.2) is 0 Å². The third kappa shape index (κ3) is 25.4. The molecule has 246 valence electrons. The molecule has 0 aliphatic heterocycles. The minimum atomic E-state index is -0.625. The molecule has 0 fully saturated rings. The summed E-state index contributed by atoms with van der Waals surface area (Å²) >= 11 is 0. The first-order valence-electron chi connectivity index (χ1n) is 14.7. The van der Waals surface area contributed by atoms with E-state index in [9.17, 15) is 19.2 Å². The number of nitrogens with zero attached hydrogens (tertiary/aromatic N) is 2. The van der Waals surface area contributed by atoms with E-state index in [0.717, 1.165) is 0 Å². The Labute approximate surface area is 253 Å². The van der Waals surface area contributed by atoms with Gasteiger partial charge >= 0.3 is 23.9 Å². The summed E-state index contributed by atoms with van der Waals surface area (Å²) in [7, 11) is 0. The van der Waals surface area contributed by atoms with Gasteiger partial charge in [0, 0.05) is 39.3 Å². The SMILES string of the molecule is CC(C)(C)OC(=O)CNCCN(CCN(CCNCC(=O)OC(C)(C)C)CC(=O)OC(C)(C)C)CC(=O)OC(C)(C)C. The molecule has 0 unspecified atom stereocenters. The smallest absolute Gasteiger partial charge is 0.320 e. The lowest BCUT2D eigenvalue weighted by Crippen LogP contribution is -2.46. The van der Waals surface area contributed by atoms with Crippen LogP contribution in [0.4, 0.5) is 0 Å². The fourth-order valence-corrected chi connectivity index (χ4v) is 3.55. The third-order valence-corrected chi connectivity index (χ3v) is 4.87. The molecule has 0 aromatic carbocycles. The summed E-state index contributed by atoms with van der Waals surface area (Å²) in [6.07, 6.45) is 0. The van der Waals surface area contributed by atoms with Crippen LogP contribution in [0.1, 0.15) is 83.1 Å². The molecule has 42 heavy (non-hydrogen) atoms. The van der Waals surface area contributed by atoms with Gasteiger partial charge < -0.3 is 29.6 Å². The molecule has 12 heteroatoms. The molecule has 0 aromatic heterocycles. The van der Waals surface area contributed by atoms with Gasteiger partial charge in [-0.15, -0.1) is 0 Å². The quantitative estimate of drug-likeness (QED) is 0.143. The van der Waals surface area contributed by atoms with Gasteiger partial charge in [0.15, 0.2) is 0 Å². The van der Waals surface area contributed by atoms with Crippen LogP contribution in [0.2, 0.25) is 0 Å². The Morgan fingerprint density at radius 2 is 0.714 bits per heavy atom. The zero-order chi connectivity index (χ0) is 32.8. The van der Waals surface area contributed by atoms with Crippen LogP contribution >= 0.6 is 0 Å². The molecular weight excluding hydrogens is 544 g/mol. The number of nitrogens with one attached hydrogen (secondary N) is 2. The van der Waals surface area contributed by atoms with Crippen LogP contribution < -0.4 is 10.6 Å². The fourth-order valence-electron chi connectivity index (χ4n) is 3.55. The number of carbonyl (C=O) groups is 4. The van der Waals surface area contributed by atoms with Crippen molar-refractivity contribution in [1.82, 2.24) is 20.4 Å². The molecular formula is C30H58N4O8. The highest BCUT2D eigenvalue weighted by atomic mass is 16.6. The van der Waals surface area contributed by atoms with E-state index in [-0.39, 0.29) is 50.1 Å². The van der Waals surface area contributed by atoms with Gasteiger partial charge in [-0.1, -0.05) is 0 Å². The van der Waals surface area contributed by atoms with Gasteiger partial charge in [-0.2, -0.15) is 0 Å². The summed E-state index contributed by atoms with van der Waals surface area (Å²) in [6.45, 7) is 24.6. The Morgan fingerprint density at radius 3 is 0.976 bits per heavy atom. The van der Waals surface area contributed by atoms with Gasteiger partial charge in [0.2, 0.25) is 0 Å². The molecule has 0 aliphatic rings. The summed E-state index contributed by atoms with van der Waals surface area (Å²) < 4.78 is 21.7. The maximum atomic E-state index is 12.6.